The van der Waals surface area contributed by atoms with E-state index in [1.54, 1.807) is 6.29 Å². The molecule has 0 fully saturated rings. The van der Waals surface area contributed by atoms with Crippen molar-refractivity contribution in [2.45, 2.75) is 24.9 Å². The second-order valence-electron chi connectivity index (χ2n) is 3.43. The molecule has 1 aliphatic heterocycles. The summed E-state index contributed by atoms with van der Waals surface area (Å²) in [6.45, 7) is 0. The highest BCUT2D eigenvalue weighted by molar-refractivity contribution is 7.99. The SMILES string of the molecule is NC([C]=O)CCSCCC1C=CC=CN1. The molecule has 0 saturated carbocycles. The number of hydrogen-bond donors (Lipinski definition) is 2. The Morgan fingerprint density at radius 2 is 2.33 bits per heavy atom. The lowest BCUT2D eigenvalue weighted by Crippen LogP contribution is -2.24. The molecule has 1 rings (SSSR count). The lowest BCUT2D eigenvalue weighted by Gasteiger charge is -2.15. The molecule has 3 N–H and O–H groups in total. The van der Waals surface area contributed by atoms with Crippen molar-refractivity contribution >= 4 is 18.0 Å². The fourth-order valence-corrected chi connectivity index (χ4v) is 2.30. The van der Waals surface area contributed by atoms with Gasteiger partial charge in [-0.3, -0.25) is 4.79 Å². The third-order valence-electron chi connectivity index (χ3n) is 2.16. The lowest BCUT2D eigenvalue weighted by atomic mass is 10.2. The number of allylic oxidation sites excluding steroid dienone is 2. The Hall–Kier alpha value is -0.740. The molecule has 0 aromatic carbocycles. The van der Waals surface area contributed by atoms with E-state index >= 15 is 0 Å². The van der Waals surface area contributed by atoms with Crippen LogP contribution < -0.4 is 11.1 Å². The first-order valence-electron chi connectivity index (χ1n) is 5.13. The second kappa shape index (κ2) is 7.54. The van der Waals surface area contributed by atoms with Crippen molar-refractivity contribution in [3.8, 4) is 0 Å². The Bertz CT molecular complexity index is 241. The minimum atomic E-state index is -0.409. The van der Waals surface area contributed by atoms with Gasteiger partial charge in [-0.15, -0.1) is 0 Å². The third kappa shape index (κ3) is 5.64. The van der Waals surface area contributed by atoms with E-state index in [4.69, 9.17) is 5.73 Å². The average Bonchev–Trinajstić information content (AvgIpc) is 2.29. The van der Waals surface area contributed by atoms with Gasteiger partial charge in [-0.25, -0.2) is 0 Å². The molecule has 1 radical (unpaired) electrons. The van der Waals surface area contributed by atoms with E-state index < -0.39 is 6.04 Å². The van der Waals surface area contributed by atoms with E-state index in [-0.39, 0.29) is 0 Å². The maximum absolute atomic E-state index is 10.1. The Kier molecular flexibility index (Phi) is 6.20. The number of hydrogen-bond acceptors (Lipinski definition) is 4. The van der Waals surface area contributed by atoms with E-state index in [1.165, 1.54) is 0 Å². The highest BCUT2D eigenvalue weighted by Crippen LogP contribution is 2.09. The first-order chi connectivity index (χ1) is 7.33. The molecular formula is C11H17N2OS. The van der Waals surface area contributed by atoms with Crippen LogP contribution in [0.5, 0.6) is 0 Å². The van der Waals surface area contributed by atoms with Gasteiger partial charge in [-0.05, 0) is 36.6 Å². The quantitative estimate of drug-likeness (QED) is 0.634. The molecule has 83 valence electrons. The maximum Gasteiger partial charge on any atom is 0.216 e. The van der Waals surface area contributed by atoms with Crippen LogP contribution in [0.1, 0.15) is 12.8 Å². The monoisotopic (exact) mass is 225 g/mol. The van der Waals surface area contributed by atoms with Gasteiger partial charge in [0.15, 0.2) is 0 Å². The van der Waals surface area contributed by atoms with Gasteiger partial charge >= 0.3 is 0 Å². The number of thioether (sulfide) groups is 1. The minimum absolute atomic E-state index is 0.409. The molecule has 2 unspecified atom stereocenters. The van der Waals surface area contributed by atoms with Crippen LogP contribution in [0.2, 0.25) is 0 Å². The minimum Gasteiger partial charge on any atom is -0.385 e. The van der Waals surface area contributed by atoms with Gasteiger partial charge in [0, 0.05) is 6.04 Å². The van der Waals surface area contributed by atoms with Crippen molar-refractivity contribution in [2.24, 2.45) is 5.73 Å². The zero-order chi connectivity index (χ0) is 10.9. The van der Waals surface area contributed by atoms with E-state index in [2.05, 4.69) is 17.5 Å². The molecule has 2 atom stereocenters. The van der Waals surface area contributed by atoms with Gasteiger partial charge in [0.25, 0.3) is 0 Å². The Balaban J connectivity index is 1.95. The molecule has 15 heavy (non-hydrogen) atoms. The van der Waals surface area contributed by atoms with Crippen LogP contribution >= 0.6 is 11.8 Å². The summed E-state index contributed by atoms with van der Waals surface area (Å²) in [4.78, 5) is 10.1. The van der Waals surface area contributed by atoms with Crippen LogP contribution in [0.3, 0.4) is 0 Å². The molecule has 4 heteroatoms. The molecule has 0 spiro atoms. The number of carbonyl (C=O) groups excluding carboxylic acids is 1. The summed E-state index contributed by atoms with van der Waals surface area (Å²) in [5.41, 5.74) is 5.43. The van der Waals surface area contributed by atoms with Gasteiger partial charge in [0.1, 0.15) is 0 Å². The van der Waals surface area contributed by atoms with Crippen molar-refractivity contribution in [3.05, 3.63) is 24.4 Å². The maximum atomic E-state index is 10.1. The van der Waals surface area contributed by atoms with Crippen LogP contribution in [0.15, 0.2) is 24.4 Å². The van der Waals surface area contributed by atoms with Gasteiger partial charge in [0.2, 0.25) is 6.29 Å². The summed E-state index contributed by atoms with van der Waals surface area (Å²) in [6.07, 6.45) is 11.8. The standard InChI is InChI=1S/C11H17N2OS/c12-10(9-14)4-7-15-8-5-11-3-1-2-6-13-11/h1-3,6,10-11,13H,4-5,7-8,12H2. The van der Waals surface area contributed by atoms with Gasteiger partial charge in [0.05, 0.1) is 6.04 Å². The van der Waals surface area contributed by atoms with Crippen molar-refractivity contribution in [3.63, 3.8) is 0 Å². The molecule has 0 aromatic heterocycles. The van der Waals surface area contributed by atoms with Gasteiger partial charge in [-0.1, -0.05) is 12.2 Å². The zero-order valence-corrected chi connectivity index (χ0v) is 9.50. The highest BCUT2D eigenvalue weighted by atomic mass is 32.2. The number of dihydropyridines is 1. The van der Waals surface area contributed by atoms with Crippen molar-refractivity contribution < 1.29 is 4.79 Å². The normalized spacial score (nSPS) is 21.0. The predicted octanol–water partition coefficient (Wildman–Crippen LogP) is 0.978. The van der Waals surface area contributed by atoms with Crippen LogP contribution in [-0.2, 0) is 4.79 Å². The van der Waals surface area contributed by atoms with E-state index in [0.29, 0.717) is 6.04 Å². The molecular weight excluding hydrogens is 208 g/mol. The topological polar surface area (TPSA) is 55.1 Å². The average molecular weight is 225 g/mol. The molecule has 0 amide bonds. The van der Waals surface area contributed by atoms with Crippen LogP contribution in [0.4, 0.5) is 0 Å². The van der Waals surface area contributed by atoms with Crippen molar-refractivity contribution in [2.75, 3.05) is 11.5 Å². The van der Waals surface area contributed by atoms with E-state index in [9.17, 15) is 4.79 Å². The van der Waals surface area contributed by atoms with Gasteiger partial charge < -0.3 is 11.1 Å². The van der Waals surface area contributed by atoms with E-state index in [0.717, 1.165) is 24.3 Å². The smallest absolute Gasteiger partial charge is 0.216 e. The second-order valence-corrected chi connectivity index (χ2v) is 4.66. The zero-order valence-electron chi connectivity index (χ0n) is 8.69. The fraction of sp³-hybridized carbons (Fsp3) is 0.545. The Morgan fingerprint density at radius 3 is 3.00 bits per heavy atom. The lowest BCUT2D eigenvalue weighted by molar-refractivity contribution is 0.539. The molecule has 0 bridgehead atoms. The Labute approximate surface area is 95.2 Å². The van der Waals surface area contributed by atoms with Gasteiger partial charge in [-0.2, -0.15) is 11.8 Å². The van der Waals surface area contributed by atoms with Crippen LogP contribution in [0.25, 0.3) is 0 Å². The summed E-state index contributed by atoms with van der Waals surface area (Å²) in [7, 11) is 0. The molecule has 3 nitrogen and oxygen atoms in total. The molecule has 0 saturated heterocycles. The Morgan fingerprint density at radius 1 is 1.47 bits per heavy atom. The predicted molar refractivity (Wildman–Crippen MR) is 65.4 cm³/mol. The fourth-order valence-electron chi connectivity index (χ4n) is 1.25. The van der Waals surface area contributed by atoms with E-state index in [1.807, 2.05) is 24.0 Å². The van der Waals surface area contributed by atoms with Crippen LogP contribution in [0, 0.1) is 0 Å². The summed E-state index contributed by atoms with van der Waals surface area (Å²) in [5.74, 6) is 2.02. The largest absolute Gasteiger partial charge is 0.385 e. The van der Waals surface area contributed by atoms with Crippen LogP contribution in [-0.4, -0.2) is 29.9 Å². The molecule has 0 aromatic rings. The summed E-state index contributed by atoms with van der Waals surface area (Å²) in [6, 6.07) is 0.0435. The number of rotatable bonds is 7. The number of nitrogens with one attached hydrogen (secondary N) is 1. The number of nitrogens with two attached hydrogens (primary N) is 1. The molecule has 1 heterocycles. The summed E-state index contributed by atoms with van der Waals surface area (Å²) in [5, 5.41) is 3.26. The molecule has 0 aliphatic carbocycles. The van der Waals surface area contributed by atoms with Crippen molar-refractivity contribution in [1.29, 1.82) is 0 Å². The summed E-state index contributed by atoms with van der Waals surface area (Å²) < 4.78 is 0. The first-order valence-corrected chi connectivity index (χ1v) is 6.29. The van der Waals surface area contributed by atoms with Crippen molar-refractivity contribution in [1.82, 2.24) is 5.32 Å². The highest BCUT2D eigenvalue weighted by Gasteiger charge is 2.04. The first kappa shape index (κ1) is 12.3. The molecule has 1 aliphatic rings. The summed E-state index contributed by atoms with van der Waals surface area (Å²) >= 11 is 1.83. The third-order valence-corrected chi connectivity index (χ3v) is 3.21.